The summed E-state index contributed by atoms with van der Waals surface area (Å²) in [5.74, 6) is 3.10. The second-order valence-corrected chi connectivity index (χ2v) is 6.00. The molecule has 21 heavy (non-hydrogen) atoms. The quantitative estimate of drug-likeness (QED) is 0.726. The normalized spacial score (nSPS) is 10.5. The summed E-state index contributed by atoms with van der Waals surface area (Å²) in [5, 5.41) is 3.28. The van der Waals surface area contributed by atoms with Crippen molar-refractivity contribution in [2.75, 3.05) is 11.9 Å². The highest BCUT2D eigenvalue weighted by Gasteiger charge is 2.12. The third-order valence-electron chi connectivity index (χ3n) is 2.99. The van der Waals surface area contributed by atoms with E-state index in [-0.39, 0.29) is 0 Å². The Morgan fingerprint density at radius 2 is 1.86 bits per heavy atom. The van der Waals surface area contributed by atoms with E-state index in [1.165, 1.54) is 3.57 Å². The van der Waals surface area contributed by atoms with Crippen molar-refractivity contribution in [1.82, 2.24) is 9.97 Å². The van der Waals surface area contributed by atoms with E-state index in [9.17, 15) is 0 Å². The van der Waals surface area contributed by atoms with Gasteiger partial charge in [0.2, 0.25) is 5.88 Å². The van der Waals surface area contributed by atoms with E-state index in [2.05, 4.69) is 51.7 Å². The van der Waals surface area contributed by atoms with Crippen molar-refractivity contribution in [2.24, 2.45) is 0 Å². The number of benzene rings is 1. The highest BCUT2D eigenvalue weighted by molar-refractivity contribution is 14.1. The summed E-state index contributed by atoms with van der Waals surface area (Å²) in [6, 6.07) is 7.95. The van der Waals surface area contributed by atoms with E-state index < -0.39 is 0 Å². The molecule has 0 saturated heterocycles. The maximum atomic E-state index is 5.94. The Kier molecular flexibility index (Phi) is 5.78. The number of hydrogen-bond acceptors (Lipinski definition) is 4. The molecule has 0 atom stereocenters. The maximum Gasteiger partial charge on any atom is 0.227 e. The van der Waals surface area contributed by atoms with Crippen molar-refractivity contribution in [2.45, 2.75) is 33.6 Å². The van der Waals surface area contributed by atoms with E-state index in [1.54, 1.807) is 0 Å². The van der Waals surface area contributed by atoms with Gasteiger partial charge in [0.1, 0.15) is 17.4 Å². The van der Waals surface area contributed by atoms with Gasteiger partial charge in [0.05, 0.1) is 5.56 Å². The van der Waals surface area contributed by atoms with Crippen LogP contribution in [0.4, 0.5) is 5.82 Å². The van der Waals surface area contributed by atoms with Crippen molar-refractivity contribution in [3.63, 3.8) is 0 Å². The number of halogens is 1. The molecule has 0 bridgehead atoms. The van der Waals surface area contributed by atoms with E-state index >= 15 is 0 Å². The Balaban J connectivity index is 2.33. The van der Waals surface area contributed by atoms with Crippen LogP contribution in [-0.2, 0) is 6.42 Å². The molecule has 5 heteroatoms. The number of hydrogen-bond donors (Lipinski definition) is 1. The third-order valence-corrected chi connectivity index (χ3v) is 3.71. The lowest BCUT2D eigenvalue weighted by Gasteiger charge is -2.13. The maximum absolute atomic E-state index is 5.94. The van der Waals surface area contributed by atoms with Crippen molar-refractivity contribution in [1.29, 1.82) is 0 Å². The topological polar surface area (TPSA) is 47.0 Å². The second-order valence-electron chi connectivity index (χ2n) is 4.75. The largest absolute Gasteiger partial charge is 0.439 e. The fourth-order valence-electron chi connectivity index (χ4n) is 1.93. The van der Waals surface area contributed by atoms with E-state index in [0.717, 1.165) is 42.3 Å². The summed E-state index contributed by atoms with van der Waals surface area (Å²) in [7, 11) is 0. The minimum Gasteiger partial charge on any atom is -0.439 e. The van der Waals surface area contributed by atoms with Crippen LogP contribution in [0.25, 0.3) is 0 Å². The third kappa shape index (κ3) is 4.30. The Bertz CT molecular complexity index is 599. The first-order chi connectivity index (χ1) is 10.1. The van der Waals surface area contributed by atoms with Crippen LogP contribution in [-0.4, -0.2) is 16.5 Å². The molecule has 0 spiro atoms. The number of rotatable bonds is 6. The van der Waals surface area contributed by atoms with Crippen LogP contribution in [0.2, 0.25) is 0 Å². The number of aryl methyl sites for hydroxylation is 1. The number of nitrogens with zero attached hydrogens (tertiary/aromatic N) is 2. The molecule has 1 aromatic carbocycles. The molecule has 4 nitrogen and oxygen atoms in total. The van der Waals surface area contributed by atoms with Gasteiger partial charge in [-0.1, -0.05) is 6.92 Å². The van der Waals surface area contributed by atoms with Gasteiger partial charge in [-0.3, -0.25) is 0 Å². The van der Waals surface area contributed by atoms with Crippen LogP contribution in [0.1, 0.15) is 31.7 Å². The number of ether oxygens (including phenoxy) is 1. The van der Waals surface area contributed by atoms with Gasteiger partial charge in [-0.05, 0) is 67.1 Å². The lowest BCUT2D eigenvalue weighted by atomic mass is 10.2. The Hall–Kier alpha value is -1.37. The molecule has 0 fully saturated rings. The SMILES string of the molecule is CCCc1nc(NCC)c(C)c(Oc2ccc(I)cc2)n1. The molecule has 0 radical (unpaired) electrons. The molecule has 0 amide bonds. The van der Waals surface area contributed by atoms with Gasteiger partial charge >= 0.3 is 0 Å². The Morgan fingerprint density at radius 1 is 1.14 bits per heavy atom. The second kappa shape index (κ2) is 7.59. The van der Waals surface area contributed by atoms with Crippen LogP contribution in [0.15, 0.2) is 24.3 Å². The zero-order chi connectivity index (χ0) is 15.2. The van der Waals surface area contributed by atoms with Crippen LogP contribution in [0, 0.1) is 10.5 Å². The van der Waals surface area contributed by atoms with Gasteiger partial charge in [-0.2, -0.15) is 4.98 Å². The highest BCUT2D eigenvalue weighted by Crippen LogP contribution is 2.27. The Labute approximate surface area is 139 Å². The lowest BCUT2D eigenvalue weighted by molar-refractivity contribution is 0.454. The predicted molar refractivity (Wildman–Crippen MR) is 94.2 cm³/mol. The number of nitrogens with one attached hydrogen (secondary N) is 1. The van der Waals surface area contributed by atoms with Gasteiger partial charge in [0.25, 0.3) is 0 Å². The number of aromatic nitrogens is 2. The Morgan fingerprint density at radius 3 is 2.48 bits per heavy atom. The minimum absolute atomic E-state index is 0.630. The molecule has 2 aromatic rings. The monoisotopic (exact) mass is 397 g/mol. The molecule has 0 unspecified atom stereocenters. The standard InChI is InChI=1S/C16H20IN3O/c1-4-6-14-19-15(18-5-2)11(3)16(20-14)21-13-9-7-12(17)8-10-13/h7-10H,4-6H2,1-3H3,(H,18,19,20). The lowest BCUT2D eigenvalue weighted by Crippen LogP contribution is -2.07. The molecule has 0 saturated carbocycles. The molecule has 1 aromatic heterocycles. The summed E-state index contributed by atoms with van der Waals surface area (Å²) in [5.41, 5.74) is 0.940. The molecular formula is C16H20IN3O. The number of anilines is 1. The fourth-order valence-corrected chi connectivity index (χ4v) is 2.29. The van der Waals surface area contributed by atoms with Crippen molar-refractivity contribution in [3.05, 3.63) is 39.2 Å². The molecular weight excluding hydrogens is 377 g/mol. The van der Waals surface area contributed by atoms with Gasteiger partial charge < -0.3 is 10.1 Å². The fraction of sp³-hybridized carbons (Fsp3) is 0.375. The van der Waals surface area contributed by atoms with Gasteiger partial charge in [0.15, 0.2) is 0 Å². The van der Waals surface area contributed by atoms with Crippen molar-refractivity contribution in [3.8, 4) is 11.6 Å². The van der Waals surface area contributed by atoms with Crippen LogP contribution in [0.3, 0.4) is 0 Å². The van der Waals surface area contributed by atoms with Gasteiger partial charge in [0, 0.05) is 16.5 Å². The summed E-state index contributed by atoms with van der Waals surface area (Å²) >= 11 is 2.28. The van der Waals surface area contributed by atoms with Crippen LogP contribution < -0.4 is 10.1 Å². The van der Waals surface area contributed by atoms with E-state index in [4.69, 9.17) is 4.74 Å². The average molecular weight is 397 g/mol. The van der Waals surface area contributed by atoms with Crippen molar-refractivity contribution >= 4 is 28.4 Å². The first-order valence-corrected chi connectivity index (χ1v) is 8.26. The molecule has 1 heterocycles. The minimum atomic E-state index is 0.630. The summed E-state index contributed by atoms with van der Waals surface area (Å²) in [6.07, 6.45) is 1.86. The first kappa shape index (κ1) is 16.0. The van der Waals surface area contributed by atoms with Gasteiger partial charge in [-0.25, -0.2) is 4.98 Å². The van der Waals surface area contributed by atoms with Crippen LogP contribution in [0.5, 0.6) is 11.6 Å². The molecule has 2 rings (SSSR count). The smallest absolute Gasteiger partial charge is 0.227 e. The van der Waals surface area contributed by atoms with E-state index in [1.807, 2.05) is 31.2 Å². The average Bonchev–Trinajstić information content (AvgIpc) is 2.47. The molecule has 0 aliphatic rings. The zero-order valence-corrected chi connectivity index (χ0v) is 14.8. The predicted octanol–water partition coefficient (Wildman–Crippen LogP) is 4.57. The zero-order valence-electron chi connectivity index (χ0n) is 12.6. The molecule has 0 aliphatic carbocycles. The van der Waals surface area contributed by atoms with Crippen molar-refractivity contribution < 1.29 is 4.74 Å². The molecule has 112 valence electrons. The van der Waals surface area contributed by atoms with Crippen LogP contribution >= 0.6 is 22.6 Å². The first-order valence-electron chi connectivity index (χ1n) is 7.18. The van der Waals surface area contributed by atoms with E-state index in [0.29, 0.717) is 5.88 Å². The van der Waals surface area contributed by atoms with Gasteiger partial charge in [-0.15, -0.1) is 0 Å². The molecule has 0 aliphatic heterocycles. The summed E-state index contributed by atoms with van der Waals surface area (Å²) in [6.45, 7) is 6.98. The summed E-state index contributed by atoms with van der Waals surface area (Å²) < 4.78 is 7.12. The summed E-state index contributed by atoms with van der Waals surface area (Å²) in [4.78, 5) is 9.11. The highest BCUT2D eigenvalue weighted by atomic mass is 127. The molecule has 1 N–H and O–H groups in total.